The predicted molar refractivity (Wildman–Crippen MR) is 245 cm³/mol. The van der Waals surface area contributed by atoms with Crippen LogP contribution >= 0.6 is 11.3 Å². The van der Waals surface area contributed by atoms with Crippen molar-refractivity contribution in [3.8, 4) is 33.4 Å². The van der Waals surface area contributed by atoms with Gasteiger partial charge in [0.15, 0.2) is 0 Å². The molecule has 12 rings (SSSR count). The molecule has 0 aliphatic heterocycles. The summed E-state index contributed by atoms with van der Waals surface area (Å²) >= 11 is 1.86. The van der Waals surface area contributed by atoms with Crippen molar-refractivity contribution in [2.45, 2.75) is 0 Å². The van der Waals surface area contributed by atoms with Gasteiger partial charge in [-0.3, -0.25) is 0 Å². The van der Waals surface area contributed by atoms with Gasteiger partial charge in [0.1, 0.15) is 0 Å². The fourth-order valence-electron chi connectivity index (χ4n) is 9.01. The molecule has 0 saturated carbocycles. The number of hydrogen-bond donors (Lipinski definition) is 0. The molecule has 3 aromatic heterocycles. The van der Waals surface area contributed by atoms with Crippen molar-refractivity contribution in [1.82, 2.24) is 4.40 Å². The quantitative estimate of drug-likeness (QED) is 0.165. The lowest BCUT2D eigenvalue weighted by Crippen LogP contribution is -2.09. The minimum atomic E-state index is 1.11. The van der Waals surface area contributed by atoms with Gasteiger partial charge in [-0.25, -0.2) is 0 Å². The van der Waals surface area contributed by atoms with E-state index in [1.807, 2.05) is 11.3 Å². The van der Waals surface area contributed by atoms with Gasteiger partial charge in [0.05, 0.1) is 16.6 Å². The molecule has 0 N–H and O–H groups in total. The van der Waals surface area contributed by atoms with Crippen LogP contribution in [0.3, 0.4) is 0 Å². The third-order valence-corrected chi connectivity index (χ3v) is 12.9. The van der Waals surface area contributed by atoms with Crippen LogP contribution in [-0.4, -0.2) is 4.40 Å². The van der Waals surface area contributed by atoms with E-state index < -0.39 is 0 Å². The zero-order valence-electron chi connectivity index (χ0n) is 30.9. The van der Waals surface area contributed by atoms with E-state index in [4.69, 9.17) is 0 Å². The molecule has 12 aromatic rings. The van der Waals surface area contributed by atoms with E-state index in [0.717, 1.165) is 17.1 Å². The van der Waals surface area contributed by atoms with E-state index in [2.05, 4.69) is 216 Å². The van der Waals surface area contributed by atoms with Crippen molar-refractivity contribution < 1.29 is 0 Å². The van der Waals surface area contributed by atoms with Gasteiger partial charge in [-0.05, 0) is 112 Å². The van der Waals surface area contributed by atoms with E-state index in [9.17, 15) is 0 Å². The summed E-state index contributed by atoms with van der Waals surface area (Å²) in [6, 6.07) is 75.6. The second-order valence-corrected chi connectivity index (χ2v) is 16.0. The molecule has 0 unspecified atom stereocenters. The number of thiophene rings is 1. The lowest BCUT2D eigenvalue weighted by molar-refractivity contribution is 1.28. The third kappa shape index (κ3) is 5.10. The molecule has 0 spiro atoms. The summed E-state index contributed by atoms with van der Waals surface area (Å²) < 4.78 is 5.10. The van der Waals surface area contributed by atoms with Crippen LogP contribution < -0.4 is 4.90 Å². The van der Waals surface area contributed by atoms with Crippen LogP contribution in [0.4, 0.5) is 17.1 Å². The average Bonchev–Trinajstić information content (AvgIpc) is 3.94. The molecule has 57 heavy (non-hydrogen) atoms. The number of aromatic nitrogens is 1. The van der Waals surface area contributed by atoms with Gasteiger partial charge in [0, 0.05) is 58.8 Å². The van der Waals surface area contributed by atoms with Gasteiger partial charge >= 0.3 is 0 Å². The Hall–Kier alpha value is -7.20. The fourth-order valence-corrected chi connectivity index (χ4v) is 10.1. The largest absolute Gasteiger partial charge is 0.311 e. The van der Waals surface area contributed by atoms with Crippen molar-refractivity contribution in [3.63, 3.8) is 0 Å². The number of fused-ring (bicyclic) bond motifs is 9. The van der Waals surface area contributed by atoms with Gasteiger partial charge in [-0.2, -0.15) is 0 Å². The fraction of sp³-hybridized carbons (Fsp3) is 0. The Bertz CT molecular complexity index is 3350. The van der Waals surface area contributed by atoms with Crippen LogP contribution in [-0.2, 0) is 0 Å². The smallest absolute Gasteiger partial charge is 0.0620 e. The zero-order valence-corrected chi connectivity index (χ0v) is 31.7. The Morgan fingerprint density at radius 2 is 0.719 bits per heavy atom. The molecule has 2 nitrogen and oxygen atoms in total. The first kappa shape index (κ1) is 32.1. The molecule has 3 heterocycles. The number of benzene rings is 9. The molecule has 0 fully saturated rings. The molecular weight excluding hydrogens is 709 g/mol. The lowest BCUT2D eigenvalue weighted by atomic mass is 9.98. The number of anilines is 3. The van der Waals surface area contributed by atoms with Crippen molar-refractivity contribution in [1.29, 1.82) is 0 Å². The van der Waals surface area contributed by atoms with Gasteiger partial charge in [0.25, 0.3) is 0 Å². The lowest BCUT2D eigenvalue weighted by Gasteiger charge is -2.26. The minimum Gasteiger partial charge on any atom is -0.311 e. The molecule has 266 valence electrons. The summed E-state index contributed by atoms with van der Waals surface area (Å²) in [5.41, 5.74) is 14.4. The Balaban J connectivity index is 0.955. The number of para-hydroxylation sites is 2. The Kier molecular flexibility index (Phi) is 7.13. The van der Waals surface area contributed by atoms with Crippen molar-refractivity contribution in [2.75, 3.05) is 4.90 Å². The standard InChI is InChI=1S/C54H34N2S/c1-2-10-35(11-3-1)36-18-25-41(26-19-36)55(42-27-20-37(21-28-42)39-24-31-53-47(32-39)46-14-6-9-17-52(46)57-53)43-29-22-38(23-30-43)40-33-48-44-12-4-7-15-50(44)56-51-16-8-5-13-45(51)49(34-40)54(48)56/h1-34H. The van der Waals surface area contributed by atoms with Crippen LogP contribution in [0.15, 0.2) is 206 Å². The normalized spacial score (nSPS) is 11.9. The Morgan fingerprint density at radius 3 is 1.32 bits per heavy atom. The first-order valence-corrected chi connectivity index (χ1v) is 20.3. The van der Waals surface area contributed by atoms with Gasteiger partial charge in [0.2, 0.25) is 0 Å². The molecule has 0 amide bonds. The highest BCUT2D eigenvalue weighted by molar-refractivity contribution is 7.25. The summed E-state index contributed by atoms with van der Waals surface area (Å²) in [5.74, 6) is 0. The molecular formula is C54H34N2S. The zero-order chi connectivity index (χ0) is 37.5. The molecule has 3 heteroatoms. The van der Waals surface area contributed by atoms with E-state index in [-0.39, 0.29) is 0 Å². The maximum absolute atomic E-state index is 2.44. The van der Waals surface area contributed by atoms with E-state index >= 15 is 0 Å². The monoisotopic (exact) mass is 742 g/mol. The highest BCUT2D eigenvalue weighted by Crippen LogP contribution is 2.43. The molecule has 0 atom stereocenters. The van der Waals surface area contributed by atoms with Gasteiger partial charge in [-0.1, -0.05) is 127 Å². The SMILES string of the molecule is c1ccc(-c2ccc(N(c3ccc(-c4ccc5sc6ccccc6c5c4)cc3)c3ccc(-c4cc5c6ccccc6n6c7ccccc7c(c4)c56)cc3)cc2)cc1. The number of nitrogens with zero attached hydrogens (tertiary/aromatic N) is 2. The number of rotatable bonds is 6. The summed E-state index contributed by atoms with van der Waals surface area (Å²) in [4.78, 5) is 2.37. The molecule has 0 radical (unpaired) electrons. The van der Waals surface area contributed by atoms with Crippen LogP contribution in [0.2, 0.25) is 0 Å². The average molecular weight is 743 g/mol. The maximum atomic E-state index is 2.44. The van der Waals surface area contributed by atoms with Crippen molar-refractivity contribution in [2.24, 2.45) is 0 Å². The van der Waals surface area contributed by atoms with E-state index in [0.29, 0.717) is 0 Å². The van der Waals surface area contributed by atoms with E-state index in [1.165, 1.54) is 91.6 Å². The topological polar surface area (TPSA) is 7.65 Å². The highest BCUT2D eigenvalue weighted by Gasteiger charge is 2.19. The van der Waals surface area contributed by atoms with Crippen molar-refractivity contribution in [3.05, 3.63) is 206 Å². The molecule has 0 saturated heterocycles. The Morgan fingerprint density at radius 1 is 0.298 bits per heavy atom. The van der Waals surface area contributed by atoms with Crippen LogP contribution in [0.25, 0.3) is 91.6 Å². The molecule has 0 aliphatic carbocycles. The van der Waals surface area contributed by atoms with Gasteiger partial charge < -0.3 is 9.30 Å². The molecule has 9 aromatic carbocycles. The first-order valence-electron chi connectivity index (χ1n) is 19.5. The second-order valence-electron chi connectivity index (χ2n) is 14.9. The summed E-state index contributed by atoms with van der Waals surface area (Å²) in [7, 11) is 0. The van der Waals surface area contributed by atoms with Gasteiger partial charge in [-0.15, -0.1) is 11.3 Å². The third-order valence-electron chi connectivity index (χ3n) is 11.7. The maximum Gasteiger partial charge on any atom is 0.0620 e. The summed E-state index contributed by atoms with van der Waals surface area (Å²) in [6.45, 7) is 0. The highest BCUT2D eigenvalue weighted by atomic mass is 32.1. The van der Waals surface area contributed by atoms with Crippen LogP contribution in [0.5, 0.6) is 0 Å². The second kappa shape index (κ2) is 12.7. The summed E-state index contributed by atoms with van der Waals surface area (Å²) in [5, 5.41) is 7.82. The number of hydrogen-bond acceptors (Lipinski definition) is 2. The Labute approximate surface area is 334 Å². The molecule has 0 bridgehead atoms. The van der Waals surface area contributed by atoms with Crippen LogP contribution in [0.1, 0.15) is 0 Å². The first-order chi connectivity index (χ1) is 28.2. The predicted octanol–water partition coefficient (Wildman–Crippen LogP) is 15.7. The van der Waals surface area contributed by atoms with Crippen LogP contribution in [0, 0.1) is 0 Å². The molecule has 0 aliphatic rings. The van der Waals surface area contributed by atoms with Crippen molar-refractivity contribution >= 4 is 86.7 Å². The minimum absolute atomic E-state index is 1.11. The summed E-state index contributed by atoms with van der Waals surface area (Å²) in [6.07, 6.45) is 0. The van der Waals surface area contributed by atoms with E-state index in [1.54, 1.807) is 0 Å².